The van der Waals surface area contributed by atoms with Gasteiger partial charge < -0.3 is 14.7 Å². The first-order valence-corrected chi connectivity index (χ1v) is 8.84. The third-order valence-electron chi connectivity index (χ3n) is 4.65. The van der Waals surface area contributed by atoms with Crippen LogP contribution in [0, 0.1) is 13.8 Å². The summed E-state index contributed by atoms with van der Waals surface area (Å²) in [6.45, 7) is 6.01. The summed E-state index contributed by atoms with van der Waals surface area (Å²) in [5.41, 5.74) is -2.27. The number of benzene rings is 2. The molecule has 0 heterocycles. The number of rotatable bonds is 6. The van der Waals surface area contributed by atoms with Gasteiger partial charge in [0.1, 0.15) is 5.75 Å². The van der Waals surface area contributed by atoms with E-state index in [2.05, 4.69) is 4.99 Å². The molecule has 152 valence electrons. The maximum atomic E-state index is 14.1. The Labute approximate surface area is 163 Å². The summed E-state index contributed by atoms with van der Waals surface area (Å²) in [6, 6.07) is 8.44. The number of nitrogens with zero attached hydrogens (tertiary/aromatic N) is 2. The standard InChI is InChI=1S/C21H25F3N2O2/c1-6-26(4)13-25-18-12-19(28-5)17(11-15(18)3)20(27,21(22,23)24)16-9-7-8-14(2)10-16/h7-13,27H,6H2,1-5H3. The van der Waals surface area contributed by atoms with Crippen LogP contribution in [0.5, 0.6) is 5.75 Å². The molecule has 0 aliphatic carbocycles. The van der Waals surface area contributed by atoms with Gasteiger partial charge in [0.15, 0.2) is 0 Å². The average Bonchev–Trinajstić information content (AvgIpc) is 2.64. The van der Waals surface area contributed by atoms with Gasteiger partial charge in [0.05, 0.1) is 19.1 Å². The van der Waals surface area contributed by atoms with Crippen molar-refractivity contribution in [1.29, 1.82) is 0 Å². The van der Waals surface area contributed by atoms with E-state index in [9.17, 15) is 18.3 Å². The van der Waals surface area contributed by atoms with Crippen molar-refractivity contribution in [2.24, 2.45) is 4.99 Å². The van der Waals surface area contributed by atoms with Crippen molar-refractivity contribution in [3.8, 4) is 5.75 Å². The first-order valence-electron chi connectivity index (χ1n) is 8.84. The first kappa shape index (κ1) is 21.8. The second-order valence-electron chi connectivity index (χ2n) is 6.73. The van der Waals surface area contributed by atoms with Crippen LogP contribution in [0.25, 0.3) is 0 Å². The second kappa shape index (κ2) is 8.22. The molecule has 28 heavy (non-hydrogen) atoms. The Morgan fingerprint density at radius 3 is 2.39 bits per heavy atom. The Hall–Kier alpha value is -2.54. The quantitative estimate of drug-likeness (QED) is 0.570. The summed E-state index contributed by atoms with van der Waals surface area (Å²) in [7, 11) is 3.11. The lowest BCUT2D eigenvalue weighted by molar-refractivity contribution is -0.248. The van der Waals surface area contributed by atoms with Gasteiger partial charge in [0.2, 0.25) is 5.60 Å². The Morgan fingerprint density at radius 2 is 1.86 bits per heavy atom. The van der Waals surface area contributed by atoms with Gasteiger partial charge in [-0.05, 0) is 38.0 Å². The molecule has 0 saturated carbocycles. The van der Waals surface area contributed by atoms with E-state index in [4.69, 9.17) is 4.74 Å². The van der Waals surface area contributed by atoms with Crippen LogP contribution >= 0.6 is 0 Å². The number of aliphatic imine (C=N–C) groups is 1. The van der Waals surface area contributed by atoms with Crippen molar-refractivity contribution >= 4 is 12.0 Å². The van der Waals surface area contributed by atoms with Crippen LogP contribution in [0.4, 0.5) is 18.9 Å². The zero-order chi connectivity index (χ0) is 21.1. The molecule has 0 radical (unpaired) electrons. The molecule has 1 unspecified atom stereocenters. The number of aliphatic hydroxyl groups is 1. The largest absolute Gasteiger partial charge is 0.496 e. The van der Waals surface area contributed by atoms with E-state index >= 15 is 0 Å². The summed E-state index contributed by atoms with van der Waals surface area (Å²) >= 11 is 0. The Balaban J connectivity index is 2.71. The lowest BCUT2D eigenvalue weighted by atomic mass is 9.83. The van der Waals surface area contributed by atoms with E-state index < -0.39 is 11.8 Å². The van der Waals surface area contributed by atoms with Crippen LogP contribution in [0.15, 0.2) is 41.4 Å². The fourth-order valence-corrected chi connectivity index (χ4v) is 2.85. The first-order chi connectivity index (χ1) is 13.0. The van der Waals surface area contributed by atoms with Crippen molar-refractivity contribution in [3.63, 3.8) is 0 Å². The van der Waals surface area contributed by atoms with Crippen molar-refractivity contribution in [3.05, 3.63) is 58.7 Å². The maximum absolute atomic E-state index is 14.1. The average molecular weight is 394 g/mol. The second-order valence-corrected chi connectivity index (χ2v) is 6.73. The number of methoxy groups -OCH3 is 1. The molecule has 0 spiro atoms. The van der Waals surface area contributed by atoms with Crippen LogP contribution in [0.1, 0.15) is 29.2 Å². The molecule has 0 aromatic heterocycles. The molecular formula is C21H25F3N2O2. The third kappa shape index (κ3) is 4.14. The number of hydrogen-bond acceptors (Lipinski definition) is 3. The third-order valence-corrected chi connectivity index (χ3v) is 4.65. The van der Waals surface area contributed by atoms with E-state index in [0.717, 1.165) is 6.54 Å². The highest BCUT2D eigenvalue weighted by molar-refractivity contribution is 5.66. The predicted molar refractivity (Wildman–Crippen MR) is 104 cm³/mol. The summed E-state index contributed by atoms with van der Waals surface area (Å²) in [5.74, 6) is -0.0850. The SMILES string of the molecule is CCN(C)C=Nc1cc(OC)c(C(O)(c2cccc(C)c2)C(F)(F)F)cc1C. The predicted octanol–water partition coefficient (Wildman–Crippen LogP) is 4.72. The maximum Gasteiger partial charge on any atom is 0.425 e. The molecule has 7 heteroatoms. The Kier molecular flexibility index (Phi) is 6.39. The molecule has 0 fully saturated rings. The molecule has 1 atom stereocenters. The van der Waals surface area contributed by atoms with Gasteiger partial charge in [-0.15, -0.1) is 0 Å². The molecule has 0 amide bonds. The molecule has 1 N–H and O–H groups in total. The van der Waals surface area contributed by atoms with E-state index in [1.807, 2.05) is 18.9 Å². The fraction of sp³-hybridized carbons (Fsp3) is 0.381. The van der Waals surface area contributed by atoms with Crippen LogP contribution < -0.4 is 4.74 Å². The molecule has 0 aliphatic rings. The monoisotopic (exact) mass is 394 g/mol. The highest BCUT2D eigenvalue weighted by atomic mass is 19.4. The number of hydrogen-bond donors (Lipinski definition) is 1. The fourth-order valence-electron chi connectivity index (χ4n) is 2.85. The summed E-state index contributed by atoms with van der Waals surface area (Å²) in [4.78, 5) is 6.15. The minimum atomic E-state index is -4.95. The highest BCUT2D eigenvalue weighted by Crippen LogP contribution is 2.48. The summed E-state index contributed by atoms with van der Waals surface area (Å²) in [5, 5.41) is 10.9. The van der Waals surface area contributed by atoms with Crippen molar-refractivity contribution < 1.29 is 23.0 Å². The molecule has 0 bridgehead atoms. The lowest BCUT2D eigenvalue weighted by Gasteiger charge is -2.33. The van der Waals surface area contributed by atoms with E-state index in [1.165, 1.54) is 37.4 Å². The van der Waals surface area contributed by atoms with Crippen molar-refractivity contribution in [2.45, 2.75) is 32.5 Å². The summed E-state index contributed by atoms with van der Waals surface area (Å²) < 4.78 is 47.6. The lowest BCUT2D eigenvalue weighted by Crippen LogP contribution is -2.43. The molecule has 0 aliphatic heterocycles. The molecular weight excluding hydrogens is 369 g/mol. The number of halogens is 3. The normalized spacial score (nSPS) is 14.2. The van der Waals surface area contributed by atoms with Gasteiger partial charge in [0, 0.05) is 25.2 Å². The van der Waals surface area contributed by atoms with Gasteiger partial charge in [-0.3, -0.25) is 0 Å². The van der Waals surface area contributed by atoms with Crippen molar-refractivity contribution in [1.82, 2.24) is 4.90 Å². The molecule has 0 saturated heterocycles. The Bertz CT molecular complexity index is 865. The van der Waals surface area contributed by atoms with Gasteiger partial charge in [-0.1, -0.05) is 29.8 Å². The van der Waals surface area contributed by atoms with Gasteiger partial charge in [0.25, 0.3) is 0 Å². The van der Waals surface area contributed by atoms with Crippen LogP contribution in [0.2, 0.25) is 0 Å². The van der Waals surface area contributed by atoms with Crippen LogP contribution in [-0.4, -0.2) is 43.2 Å². The van der Waals surface area contributed by atoms with Crippen LogP contribution in [0.3, 0.4) is 0 Å². The van der Waals surface area contributed by atoms with Gasteiger partial charge in [-0.2, -0.15) is 13.2 Å². The van der Waals surface area contributed by atoms with E-state index in [0.29, 0.717) is 16.8 Å². The Morgan fingerprint density at radius 1 is 1.18 bits per heavy atom. The molecule has 4 nitrogen and oxygen atoms in total. The zero-order valence-corrected chi connectivity index (χ0v) is 16.6. The van der Waals surface area contributed by atoms with E-state index in [1.54, 1.807) is 26.3 Å². The smallest absolute Gasteiger partial charge is 0.425 e. The molecule has 2 aromatic rings. The summed E-state index contributed by atoms with van der Waals surface area (Å²) in [6.07, 6.45) is -3.36. The minimum Gasteiger partial charge on any atom is -0.496 e. The van der Waals surface area contributed by atoms with Gasteiger partial charge in [-0.25, -0.2) is 4.99 Å². The van der Waals surface area contributed by atoms with E-state index in [-0.39, 0.29) is 16.9 Å². The zero-order valence-electron chi connectivity index (χ0n) is 16.6. The van der Waals surface area contributed by atoms with Crippen LogP contribution in [-0.2, 0) is 5.60 Å². The number of aryl methyl sites for hydroxylation is 2. The topological polar surface area (TPSA) is 45.1 Å². The number of ether oxygens (including phenoxy) is 1. The highest BCUT2D eigenvalue weighted by Gasteiger charge is 2.57. The molecule has 2 aromatic carbocycles. The number of alkyl halides is 3. The molecule has 2 rings (SSSR count). The van der Waals surface area contributed by atoms with Gasteiger partial charge >= 0.3 is 6.18 Å². The van der Waals surface area contributed by atoms with Crippen molar-refractivity contribution in [2.75, 3.05) is 20.7 Å². The minimum absolute atomic E-state index is 0.0850.